The van der Waals surface area contributed by atoms with Crippen LogP contribution in [0.1, 0.15) is 5.56 Å². The lowest BCUT2D eigenvalue weighted by Crippen LogP contribution is -2.42. The van der Waals surface area contributed by atoms with Gasteiger partial charge in [-0.25, -0.2) is 4.99 Å². The molecule has 1 heterocycles. The highest BCUT2D eigenvalue weighted by molar-refractivity contribution is 7.99. The Morgan fingerprint density at radius 2 is 2.14 bits per heavy atom. The van der Waals surface area contributed by atoms with Crippen molar-refractivity contribution in [2.75, 3.05) is 31.7 Å². The predicted molar refractivity (Wildman–Crippen MR) is 83.9 cm³/mol. The highest BCUT2D eigenvalue weighted by atomic mass is 32.2. The SMILES string of the molecule is COc1ccc(CN=C(N)N2CCSCC2)c(OC(F)F)c1. The molecule has 0 spiro atoms. The lowest BCUT2D eigenvalue weighted by atomic mass is 10.2. The normalized spacial score (nSPS) is 16.0. The van der Waals surface area contributed by atoms with Gasteiger partial charge in [-0.05, 0) is 12.1 Å². The number of hydrogen-bond donors (Lipinski definition) is 1. The number of guanidine groups is 1. The Morgan fingerprint density at radius 3 is 2.77 bits per heavy atom. The molecule has 0 radical (unpaired) electrons. The van der Waals surface area contributed by atoms with Crippen LogP contribution in [-0.2, 0) is 6.54 Å². The fourth-order valence-corrected chi connectivity index (χ4v) is 2.96. The number of alkyl halides is 2. The summed E-state index contributed by atoms with van der Waals surface area (Å²) in [6, 6.07) is 4.75. The molecule has 2 N–H and O–H groups in total. The molecule has 1 aliphatic heterocycles. The maximum absolute atomic E-state index is 12.5. The summed E-state index contributed by atoms with van der Waals surface area (Å²) in [6.07, 6.45) is 0. The molecule has 0 amide bonds. The van der Waals surface area contributed by atoms with Crippen LogP contribution in [0.4, 0.5) is 8.78 Å². The van der Waals surface area contributed by atoms with Gasteiger partial charge in [0.05, 0.1) is 13.7 Å². The summed E-state index contributed by atoms with van der Waals surface area (Å²) in [7, 11) is 1.46. The molecule has 22 heavy (non-hydrogen) atoms. The van der Waals surface area contributed by atoms with E-state index >= 15 is 0 Å². The Labute approximate surface area is 132 Å². The zero-order valence-electron chi connectivity index (χ0n) is 12.3. The monoisotopic (exact) mass is 331 g/mol. The zero-order valence-corrected chi connectivity index (χ0v) is 13.1. The Bertz CT molecular complexity index is 523. The lowest BCUT2D eigenvalue weighted by molar-refractivity contribution is -0.0505. The molecule has 1 saturated heterocycles. The van der Waals surface area contributed by atoms with Gasteiger partial charge in [0.15, 0.2) is 5.96 Å². The first-order valence-corrected chi connectivity index (χ1v) is 8.00. The van der Waals surface area contributed by atoms with E-state index in [9.17, 15) is 8.78 Å². The summed E-state index contributed by atoms with van der Waals surface area (Å²) in [6.45, 7) is -1.01. The van der Waals surface area contributed by atoms with Crippen molar-refractivity contribution in [2.24, 2.45) is 10.7 Å². The number of hydrogen-bond acceptors (Lipinski definition) is 4. The predicted octanol–water partition coefficient (Wildman–Crippen LogP) is 2.16. The quantitative estimate of drug-likeness (QED) is 0.662. The summed E-state index contributed by atoms with van der Waals surface area (Å²) < 4.78 is 34.5. The number of rotatable bonds is 5. The van der Waals surface area contributed by atoms with E-state index in [-0.39, 0.29) is 12.3 Å². The first-order chi connectivity index (χ1) is 10.6. The van der Waals surface area contributed by atoms with Crippen molar-refractivity contribution in [3.8, 4) is 11.5 Å². The van der Waals surface area contributed by atoms with Gasteiger partial charge in [-0.2, -0.15) is 20.5 Å². The van der Waals surface area contributed by atoms with Gasteiger partial charge in [-0.1, -0.05) is 0 Å². The molecule has 1 aliphatic rings. The number of nitrogens with zero attached hydrogens (tertiary/aromatic N) is 2. The molecule has 8 heteroatoms. The summed E-state index contributed by atoms with van der Waals surface area (Å²) in [4.78, 5) is 6.28. The van der Waals surface area contributed by atoms with Crippen LogP contribution in [0.25, 0.3) is 0 Å². The van der Waals surface area contributed by atoms with E-state index in [1.807, 2.05) is 16.7 Å². The van der Waals surface area contributed by atoms with Gasteiger partial charge < -0.3 is 20.1 Å². The second kappa shape index (κ2) is 8.07. The molecule has 5 nitrogen and oxygen atoms in total. The Kier molecular flexibility index (Phi) is 6.11. The highest BCUT2D eigenvalue weighted by Crippen LogP contribution is 2.27. The number of methoxy groups -OCH3 is 1. The molecular weight excluding hydrogens is 312 g/mol. The van der Waals surface area contributed by atoms with Crippen molar-refractivity contribution in [3.63, 3.8) is 0 Å². The van der Waals surface area contributed by atoms with Crippen molar-refractivity contribution < 1.29 is 18.3 Å². The Hall–Kier alpha value is -1.70. The number of benzene rings is 1. The molecule has 1 fully saturated rings. The number of ether oxygens (including phenoxy) is 2. The minimum atomic E-state index is -2.90. The van der Waals surface area contributed by atoms with Gasteiger partial charge in [0.25, 0.3) is 0 Å². The molecule has 122 valence electrons. The number of nitrogens with two attached hydrogens (primary N) is 1. The second-order valence-electron chi connectivity index (χ2n) is 4.63. The van der Waals surface area contributed by atoms with Crippen LogP contribution in [-0.4, -0.2) is 49.2 Å². The fraction of sp³-hybridized carbons (Fsp3) is 0.500. The van der Waals surface area contributed by atoms with Crippen molar-refractivity contribution >= 4 is 17.7 Å². The molecule has 1 aromatic rings. The van der Waals surface area contributed by atoms with E-state index in [0.29, 0.717) is 17.3 Å². The maximum atomic E-state index is 12.5. The summed E-state index contributed by atoms with van der Waals surface area (Å²) >= 11 is 1.87. The Morgan fingerprint density at radius 1 is 1.41 bits per heavy atom. The average molecular weight is 331 g/mol. The third-order valence-corrected chi connectivity index (χ3v) is 4.18. The number of aliphatic imine (C=N–C) groups is 1. The molecule has 0 aromatic heterocycles. The number of thioether (sulfide) groups is 1. The largest absolute Gasteiger partial charge is 0.497 e. The minimum Gasteiger partial charge on any atom is -0.497 e. The molecule has 0 atom stereocenters. The zero-order chi connectivity index (χ0) is 15.9. The summed E-state index contributed by atoms with van der Waals surface area (Å²) in [5.74, 6) is 2.96. The van der Waals surface area contributed by atoms with Gasteiger partial charge >= 0.3 is 6.61 Å². The second-order valence-corrected chi connectivity index (χ2v) is 5.85. The fourth-order valence-electron chi connectivity index (χ4n) is 2.06. The highest BCUT2D eigenvalue weighted by Gasteiger charge is 2.14. The first kappa shape index (κ1) is 16.7. The van der Waals surface area contributed by atoms with E-state index in [4.69, 9.17) is 10.5 Å². The van der Waals surface area contributed by atoms with Crippen molar-refractivity contribution in [2.45, 2.75) is 13.2 Å². The van der Waals surface area contributed by atoms with Crippen LogP contribution < -0.4 is 15.2 Å². The molecule has 0 aliphatic carbocycles. The molecule has 0 saturated carbocycles. The third kappa shape index (κ3) is 4.66. The molecule has 0 unspecified atom stereocenters. The molecule has 2 rings (SSSR count). The molecular formula is C14H19F2N3O2S. The van der Waals surface area contributed by atoms with Gasteiger partial charge in [-0.15, -0.1) is 0 Å². The van der Waals surface area contributed by atoms with Crippen molar-refractivity contribution in [3.05, 3.63) is 23.8 Å². The molecule has 1 aromatic carbocycles. The van der Waals surface area contributed by atoms with Crippen molar-refractivity contribution in [1.82, 2.24) is 4.90 Å². The first-order valence-electron chi connectivity index (χ1n) is 6.84. The minimum absolute atomic E-state index is 0.0556. The summed E-state index contributed by atoms with van der Waals surface area (Å²) in [5.41, 5.74) is 6.49. The van der Waals surface area contributed by atoms with E-state index in [1.165, 1.54) is 13.2 Å². The van der Waals surface area contributed by atoms with Gasteiger partial charge in [0.2, 0.25) is 0 Å². The van der Waals surface area contributed by atoms with Crippen LogP contribution in [0.2, 0.25) is 0 Å². The van der Waals surface area contributed by atoms with E-state index < -0.39 is 6.61 Å². The average Bonchev–Trinajstić information content (AvgIpc) is 2.53. The topological polar surface area (TPSA) is 60.1 Å². The van der Waals surface area contributed by atoms with Gasteiger partial charge in [0, 0.05) is 36.2 Å². The van der Waals surface area contributed by atoms with Crippen LogP contribution in [0, 0.1) is 0 Å². The van der Waals surface area contributed by atoms with Crippen molar-refractivity contribution in [1.29, 1.82) is 0 Å². The summed E-state index contributed by atoms with van der Waals surface area (Å²) in [5, 5.41) is 0. The van der Waals surface area contributed by atoms with Gasteiger partial charge in [0.1, 0.15) is 11.5 Å². The van der Waals surface area contributed by atoms with E-state index in [1.54, 1.807) is 12.1 Å². The third-order valence-electron chi connectivity index (χ3n) is 3.24. The standard InChI is InChI=1S/C14H19F2N3O2S/c1-20-11-3-2-10(12(8-11)21-13(15)16)9-18-14(17)19-4-6-22-7-5-19/h2-3,8,13H,4-7,9H2,1H3,(H2,17,18). The van der Waals surface area contributed by atoms with E-state index in [2.05, 4.69) is 9.73 Å². The molecule has 0 bridgehead atoms. The van der Waals surface area contributed by atoms with Crippen LogP contribution >= 0.6 is 11.8 Å². The van der Waals surface area contributed by atoms with Crippen LogP contribution in [0.3, 0.4) is 0 Å². The lowest BCUT2D eigenvalue weighted by Gasteiger charge is -2.27. The van der Waals surface area contributed by atoms with Crippen LogP contribution in [0.5, 0.6) is 11.5 Å². The number of halogens is 2. The van der Waals surface area contributed by atoms with Crippen LogP contribution in [0.15, 0.2) is 23.2 Å². The Balaban J connectivity index is 2.10. The van der Waals surface area contributed by atoms with Gasteiger partial charge in [-0.3, -0.25) is 0 Å². The van der Waals surface area contributed by atoms with E-state index in [0.717, 1.165) is 24.6 Å². The maximum Gasteiger partial charge on any atom is 0.387 e. The smallest absolute Gasteiger partial charge is 0.387 e.